The summed E-state index contributed by atoms with van der Waals surface area (Å²) in [6.07, 6.45) is 3.56. The number of benzene rings is 7. The molecule has 0 aliphatic rings. The van der Waals surface area contributed by atoms with Gasteiger partial charge in [-0.25, -0.2) is 15.0 Å². The molecule has 5 nitrogen and oxygen atoms in total. The molecule has 0 aliphatic heterocycles. The number of hydrogen-bond donors (Lipinski definition) is 0. The fourth-order valence-electron chi connectivity index (χ4n) is 7.93. The molecular formula is C50H31N5S. The average Bonchev–Trinajstić information content (AvgIpc) is 3.83. The first-order valence-electron chi connectivity index (χ1n) is 18.6. The summed E-state index contributed by atoms with van der Waals surface area (Å²) < 4.78 is 4.94. The zero-order valence-corrected chi connectivity index (χ0v) is 30.9. The monoisotopic (exact) mass is 733 g/mol. The number of thiophene rings is 1. The zero-order chi connectivity index (χ0) is 37.0. The molecule has 0 N–H and O–H groups in total. The van der Waals surface area contributed by atoms with Gasteiger partial charge in [0.05, 0.1) is 16.7 Å². The van der Waals surface area contributed by atoms with Gasteiger partial charge in [0.1, 0.15) is 0 Å². The number of pyridine rings is 1. The van der Waals surface area contributed by atoms with Crippen LogP contribution in [-0.2, 0) is 0 Å². The second kappa shape index (κ2) is 13.2. The van der Waals surface area contributed by atoms with Crippen molar-refractivity contribution in [2.45, 2.75) is 0 Å². The van der Waals surface area contributed by atoms with Gasteiger partial charge >= 0.3 is 0 Å². The van der Waals surface area contributed by atoms with Crippen LogP contribution in [-0.4, -0.2) is 24.5 Å². The highest BCUT2D eigenvalue weighted by Gasteiger charge is 2.20. The summed E-state index contributed by atoms with van der Waals surface area (Å²) in [7, 11) is 0. The Kier molecular flexibility index (Phi) is 7.60. The van der Waals surface area contributed by atoms with Gasteiger partial charge in [0.25, 0.3) is 0 Å². The highest BCUT2D eigenvalue weighted by Crippen LogP contribution is 2.41. The Morgan fingerprint density at radius 1 is 0.375 bits per heavy atom. The van der Waals surface area contributed by atoms with Crippen molar-refractivity contribution in [2.75, 3.05) is 0 Å². The minimum Gasteiger partial charge on any atom is -0.308 e. The molecule has 0 fully saturated rings. The Hall–Kier alpha value is -7.28. The molecular weight excluding hydrogens is 703 g/mol. The van der Waals surface area contributed by atoms with E-state index in [2.05, 4.69) is 173 Å². The maximum absolute atomic E-state index is 5.26. The summed E-state index contributed by atoms with van der Waals surface area (Å²) in [5, 5.41) is 4.97. The fraction of sp³-hybridized carbons (Fsp3) is 0. The predicted octanol–water partition coefficient (Wildman–Crippen LogP) is 13.1. The lowest BCUT2D eigenvalue weighted by molar-refractivity contribution is 1.06. The van der Waals surface area contributed by atoms with Gasteiger partial charge in [0.2, 0.25) is 0 Å². The van der Waals surface area contributed by atoms with E-state index >= 15 is 0 Å². The highest BCUT2D eigenvalue weighted by atomic mass is 32.1. The molecule has 0 spiro atoms. The van der Waals surface area contributed by atoms with E-state index < -0.39 is 0 Å². The normalized spacial score (nSPS) is 11.6. The van der Waals surface area contributed by atoms with E-state index in [9.17, 15) is 0 Å². The van der Waals surface area contributed by atoms with Crippen LogP contribution in [0.1, 0.15) is 0 Å². The van der Waals surface area contributed by atoms with Gasteiger partial charge in [-0.15, -0.1) is 11.3 Å². The third-order valence-corrected chi connectivity index (χ3v) is 11.8. The number of nitrogens with zero attached hydrogens (tertiary/aromatic N) is 5. The van der Waals surface area contributed by atoms with Crippen molar-refractivity contribution >= 4 is 53.3 Å². The number of hydrogen-bond acceptors (Lipinski definition) is 5. The van der Waals surface area contributed by atoms with Crippen LogP contribution >= 0.6 is 11.3 Å². The third kappa shape index (κ3) is 5.38. The quantitative estimate of drug-likeness (QED) is 0.171. The minimum atomic E-state index is 0.590. The molecule has 262 valence electrons. The van der Waals surface area contributed by atoms with Gasteiger partial charge in [-0.2, -0.15) is 0 Å². The molecule has 0 aliphatic carbocycles. The molecule has 11 rings (SSSR count). The van der Waals surface area contributed by atoms with Crippen LogP contribution in [0.25, 0.3) is 104 Å². The molecule has 0 atom stereocenters. The maximum Gasteiger partial charge on any atom is 0.166 e. The zero-order valence-electron chi connectivity index (χ0n) is 30.0. The van der Waals surface area contributed by atoms with Crippen molar-refractivity contribution in [3.63, 3.8) is 0 Å². The van der Waals surface area contributed by atoms with Crippen molar-refractivity contribution in [1.29, 1.82) is 0 Å². The maximum atomic E-state index is 5.26. The lowest BCUT2D eigenvalue weighted by Gasteiger charge is -2.16. The molecule has 0 radical (unpaired) electrons. The topological polar surface area (TPSA) is 56.5 Å². The van der Waals surface area contributed by atoms with Gasteiger partial charge in [-0.1, -0.05) is 133 Å². The van der Waals surface area contributed by atoms with Gasteiger partial charge < -0.3 is 4.57 Å². The highest BCUT2D eigenvalue weighted by molar-refractivity contribution is 7.26. The van der Waals surface area contributed by atoms with E-state index in [4.69, 9.17) is 15.0 Å². The second-order valence-corrected chi connectivity index (χ2v) is 14.9. The Bertz CT molecular complexity index is 3190. The predicted molar refractivity (Wildman–Crippen MR) is 232 cm³/mol. The molecule has 0 unspecified atom stereocenters. The fourth-order valence-corrected chi connectivity index (χ4v) is 9.17. The smallest absolute Gasteiger partial charge is 0.166 e. The average molecular weight is 734 g/mol. The van der Waals surface area contributed by atoms with Crippen LogP contribution in [0.15, 0.2) is 188 Å². The van der Waals surface area contributed by atoms with Crippen molar-refractivity contribution in [3.05, 3.63) is 188 Å². The number of para-hydroxylation sites is 2. The van der Waals surface area contributed by atoms with Crippen molar-refractivity contribution in [2.24, 2.45) is 0 Å². The number of rotatable bonds is 6. The first-order valence-corrected chi connectivity index (χ1v) is 19.4. The van der Waals surface area contributed by atoms with Crippen LogP contribution in [0.5, 0.6) is 0 Å². The van der Waals surface area contributed by atoms with Gasteiger partial charge in [-0.3, -0.25) is 4.98 Å². The second-order valence-electron chi connectivity index (χ2n) is 13.9. The van der Waals surface area contributed by atoms with E-state index in [-0.39, 0.29) is 0 Å². The molecule has 0 amide bonds. The number of aromatic nitrogens is 5. The Balaban J connectivity index is 1.11. The van der Waals surface area contributed by atoms with Gasteiger partial charge in [-0.05, 0) is 64.7 Å². The lowest BCUT2D eigenvalue weighted by Crippen LogP contribution is -2.04. The van der Waals surface area contributed by atoms with Crippen LogP contribution in [0, 0.1) is 0 Å². The molecule has 0 saturated heterocycles. The summed E-state index contributed by atoms with van der Waals surface area (Å²) in [4.78, 5) is 19.8. The largest absolute Gasteiger partial charge is 0.308 e. The van der Waals surface area contributed by atoms with E-state index in [1.54, 1.807) is 12.4 Å². The van der Waals surface area contributed by atoms with Crippen molar-refractivity contribution in [3.8, 4) is 62.1 Å². The Morgan fingerprint density at radius 2 is 0.946 bits per heavy atom. The SMILES string of the molecule is c1ccc(-c2ccc(-c3nc(-c4ccncc4)nc(-c4ccc(-c5cccc6c5sc5ccccc56)cc4)n3)c(-n3c4ccccc4c4ccccc43)c2)cc1. The molecule has 11 aromatic rings. The summed E-state index contributed by atoms with van der Waals surface area (Å²) in [5.74, 6) is 1.79. The van der Waals surface area contributed by atoms with Crippen LogP contribution < -0.4 is 0 Å². The minimum absolute atomic E-state index is 0.590. The number of fused-ring (bicyclic) bond motifs is 6. The van der Waals surface area contributed by atoms with Crippen LogP contribution in [0.4, 0.5) is 0 Å². The summed E-state index contributed by atoms with van der Waals surface area (Å²) in [6, 6.07) is 62.0. The molecule has 0 bridgehead atoms. The third-order valence-electron chi connectivity index (χ3n) is 10.6. The Morgan fingerprint density at radius 3 is 1.68 bits per heavy atom. The van der Waals surface area contributed by atoms with Crippen LogP contribution in [0.2, 0.25) is 0 Å². The van der Waals surface area contributed by atoms with Crippen molar-refractivity contribution in [1.82, 2.24) is 24.5 Å². The molecule has 6 heteroatoms. The van der Waals surface area contributed by atoms with E-state index in [1.165, 1.54) is 36.5 Å². The first-order chi connectivity index (χ1) is 27.8. The van der Waals surface area contributed by atoms with Gasteiger partial charge in [0, 0.05) is 60.0 Å². The van der Waals surface area contributed by atoms with E-state index in [0.29, 0.717) is 17.5 Å². The summed E-state index contributed by atoms with van der Waals surface area (Å²) >= 11 is 1.84. The molecule has 7 aromatic carbocycles. The summed E-state index contributed by atoms with van der Waals surface area (Å²) in [6.45, 7) is 0. The van der Waals surface area contributed by atoms with E-state index in [1.807, 2.05) is 23.5 Å². The molecule has 4 aromatic heterocycles. The molecule has 0 saturated carbocycles. The van der Waals surface area contributed by atoms with Gasteiger partial charge in [0.15, 0.2) is 17.5 Å². The molecule has 56 heavy (non-hydrogen) atoms. The lowest BCUT2D eigenvalue weighted by atomic mass is 10.0. The van der Waals surface area contributed by atoms with Crippen LogP contribution in [0.3, 0.4) is 0 Å². The molecule has 4 heterocycles. The standard InChI is InChI=1S/C50H31N5S/c1-2-11-32(12-3-1)36-25-26-42(45(31-36)55-43-18-7-4-13-38(43)39-14-5-8-19-44(39)55)50-53-48(52-49(54-50)35-27-29-51-30-28-35)34-23-21-33(22-24-34)37-16-10-17-41-40-15-6-9-20-46(40)56-47(37)41/h1-31H. The van der Waals surface area contributed by atoms with E-state index in [0.717, 1.165) is 50.1 Å². The summed E-state index contributed by atoms with van der Waals surface area (Å²) in [5.41, 5.74) is 10.5. The van der Waals surface area contributed by atoms with Crippen molar-refractivity contribution < 1.29 is 0 Å². The first kappa shape index (κ1) is 32.2. The Labute approximate surface area is 326 Å².